The van der Waals surface area contributed by atoms with Gasteiger partial charge in [-0.05, 0) is 56.0 Å². The van der Waals surface area contributed by atoms with E-state index in [0.717, 1.165) is 43.5 Å². The van der Waals surface area contributed by atoms with Gasteiger partial charge in [0.1, 0.15) is 5.75 Å². The van der Waals surface area contributed by atoms with Gasteiger partial charge < -0.3 is 4.74 Å². The molecule has 28 heavy (non-hydrogen) atoms. The van der Waals surface area contributed by atoms with Crippen molar-refractivity contribution in [1.29, 1.82) is 0 Å². The third kappa shape index (κ3) is 4.20. The Morgan fingerprint density at radius 2 is 1.79 bits per heavy atom. The van der Waals surface area contributed by atoms with Gasteiger partial charge in [0, 0.05) is 19.5 Å². The molecule has 2 aliphatic heterocycles. The Balaban J connectivity index is 0.00000225. The molecule has 1 unspecified atom stereocenters. The Morgan fingerprint density at radius 1 is 1.07 bits per heavy atom. The van der Waals surface area contributed by atoms with Gasteiger partial charge in [-0.2, -0.15) is 4.31 Å². The lowest BCUT2D eigenvalue weighted by molar-refractivity contribution is 0.0302. The molecule has 0 saturated heterocycles. The van der Waals surface area contributed by atoms with Crippen LogP contribution in [0.4, 0.5) is 0 Å². The first-order valence-electron chi connectivity index (χ1n) is 9.58. The molecule has 1 N–H and O–H groups in total. The number of unbranched alkanes of at least 4 members (excludes halogenated alkanes) is 1. The van der Waals surface area contributed by atoms with Crippen LogP contribution in [0.25, 0.3) is 0 Å². The van der Waals surface area contributed by atoms with Gasteiger partial charge in [-0.3, -0.25) is 5.32 Å². The molecule has 2 aromatic rings. The van der Waals surface area contributed by atoms with Crippen LogP contribution < -0.4 is 10.1 Å². The van der Waals surface area contributed by atoms with Crippen molar-refractivity contribution in [2.24, 2.45) is 0 Å². The van der Waals surface area contributed by atoms with Gasteiger partial charge in [-0.1, -0.05) is 36.4 Å². The van der Waals surface area contributed by atoms with E-state index in [2.05, 4.69) is 18.3 Å². The molecule has 152 valence electrons. The van der Waals surface area contributed by atoms with Crippen LogP contribution in [0.5, 0.6) is 5.75 Å². The Bertz CT molecular complexity index is 935. The Labute approximate surface area is 173 Å². The minimum Gasteiger partial charge on any atom is -0.473 e. The topological polar surface area (TPSA) is 58.6 Å². The quantitative estimate of drug-likeness (QED) is 0.720. The summed E-state index contributed by atoms with van der Waals surface area (Å²) in [7, 11) is -3.31. The number of fused-ring (bicyclic) bond motifs is 2. The number of benzene rings is 2. The van der Waals surface area contributed by atoms with Crippen LogP contribution in [0.1, 0.15) is 37.3 Å². The fourth-order valence-electron chi connectivity index (χ4n) is 3.87. The summed E-state index contributed by atoms with van der Waals surface area (Å²) in [6.07, 6.45) is 3.67. The summed E-state index contributed by atoms with van der Waals surface area (Å²) in [5.41, 5.74) is 1.80. The van der Waals surface area contributed by atoms with Crippen LogP contribution in [0, 0.1) is 0 Å². The van der Waals surface area contributed by atoms with Gasteiger partial charge >= 0.3 is 0 Å². The van der Waals surface area contributed by atoms with E-state index in [9.17, 15) is 8.42 Å². The third-order valence-electron chi connectivity index (χ3n) is 5.45. The van der Waals surface area contributed by atoms with Gasteiger partial charge in [-0.15, -0.1) is 12.4 Å². The van der Waals surface area contributed by atoms with Crippen LogP contribution in [-0.4, -0.2) is 31.5 Å². The van der Waals surface area contributed by atoms with Crippen LogP contribution in [0.3, 0.4) is 0 Å². The second kappa shape index (κ2) is 8.41. The molecule has 0 aromatic heterocycles. The number of rotatable bonds is 6. The number of nitrogens with one attached hydrogen (secondary N) is 1. The number of ether oxygens (including phenoxy) is 1. The summed E-state index contributed by atoms with van der Waals surface area (Å²) in [6, 6.07) is 15.5. The molecular formula is C21H27ClN2O3S. The summed E-state index contributed by atoms with van der Waals surface area (Å²) in [5, 5.41) is 3.51. The van der Waals surface area contributed by atoms with Crippen molar-refractivity contribution in [3.05, 3.63) is 59.7 Å². The highest BCUT2D eigenvalue weighted by Gasteiger charge is 2.34. The fourth-order valence-corrected chi connectivity index (χ4v) is 5.54. The maximum atomic E-state index is 12.6. The minimum absolute atomic E-state index is 0. The molecule has 0 bridgehead atoms. The van der Waals surface area contributed by atoms with E-state index >= 15 is 0 Å². The molecular weight excluding hydrogens is 396 g/mol. The lowest BCUT2D eigenvalue weighted by Crippen LogP contribution is -2.50. The molecule has 5 nitrogen and oxygen atoms in total. The number of hydrogen-bond donors (Lipinski definition) is 1. The number of sulfonamides is 1. The van der Waals surface area contributed by atoms with Crippen molar-refractivity contribution in [2.75, 3.05) is 13.1 Å². The number of nitrogens with zero attached hydrogens (tertiary/aromatic N) is 1. The molecule has 2 aromatic carbocycles. The van der Waals surface area contributed by atoms with Crippen LogP contribution >= 0.6 is 12.4 Å². The molecule has 0 saturated carbocycles. The summed E-state index contributed by atoms with van der Waals surface area (Å²) in [6.45, 7) is 3.94. The Hall–Kier alpha value is -1.60. The predicted octanol–water partition coefficient (Wildman–Crippen LogP) is 3.72. The zero-order chi connectivity index (χ0) is 18.9. The van der Waals surface area contributed by atoms with Crippen molar-refractivity contribution < 1.29 is 13.2 Å². The van der Waals surface area contributed by atoms with E-state index < -0.39 is 10.0 Å². The van der Waals surface area contributed by atoms with Gasteiger partial charge in [0.15, 0.2) is 5.72 Å². The van der Waals surface area contributed by atoms with Gasteiger partial charge in [0.05, 0.1) is 4.90 Å². The second-order valence-electron chi connectivity index (χ2n) is 7.52. The zero-order valence-corrected chi connectivity index (χ0v) is 17.7. The smallest absolute Gasteiger partial charge is 0.243 e. The summed E-state index contributed by atoms with van der Waals surface area (Å²) < 4.78 is 32.9. The van der Waals surface area contributed by atoms with Crippen LogP contribution in [0.15, 0.2) is 53.4 Å². The molecule has 2 aliphatic rings. The first-order valence-corrected chi connectivity index (χ1v) is 11.0. The van der Waals surface area contributed by atoms with Crippen molar-refractivity contribution in [3.8, 4) is 5.75 Å². The summed E-state index contributed by atoms with van der Waals surface area (Å²) in [4.78, 5) is 0.463. The molecule has 0 radical (unpaired) electrons. The van der Waals surface area contributed by atoms with E-state index in [-0.39, 0.29) is 18.1 Å². The highest BCUT2D eigenvalue weighted by atomic mass is 35.5. The number of halogens is 1. The van der Waals surface area contributed by atoms with Gasteiger partial charge in [0.2, 0.25) is 10.0 Å². The first-order chi connectivity index (χ1) is 13.0. The SMILES string of the molecule is CC1(NCCCCN2Cc3ccccc3S2(=O)=O)CCc2ccccc2O1.Cl. The van der Waals surface area contributed by atoms with E-state index in [1.54, 1.807) is 16.4 Å². The molecule has 1 atom stereocenters. The molecule has 0 amide bonds. The molecule has 0 aliphatic carbocycles. The van der Waals surface area contributed by atoms with Crippen molar-refractivity contribution >= 4 is 22.4 Å². The molecule has 0 fully saturated rings. The summed E-state index contributed by atoms with van der Waals surface area (Å²) in [5.74, 6) is 0.958. The van der Waals surface area contributed by atoms with E-state index in [1.807, 2.05) is 30.3 Å². The average Bonchev–Trinajstić information content (AvgIpc) is 2.92. The van der Waals surface area contributed by atoms with Crippen molar-refractivity contribution in [1.82, 2.24) is 9.62 Å². The number of para-hydroxylation sites is 1. The first kappa shape index (κ1) is 21.1. The number of aryl methyl sites for hydroxylation is 1. The average molecular weight is 423 g/mol. The predicted molar refractivity (Wildman–Crippen MR) is 112 cm³/mol. The maximum Gasteiger partial charge on any atom is 0.243 e. The number of hydrogen-bond acceptors (Lipinski definition) is 4. The lowest BCUT2D eigenvalue weighted by Gasteiger charge is -2.36. The third-order valence-corrected chi connectivity index (χ3v) is 7.40. The molecule has 0 spiro atoms. The van der Waals surface area contributed by atoms with Gasteiger partial charge in [0.25, 0.3) is 0 Å². The molecule has 2 heterocycles. The zero-order valence-electron chi connectivity index (χ0n) is 16.1. The Kier molecular flexibility index (Phi) is 6.34. The molecule has 4 rings (SSSR count). The van der Waals surface area contributed by atoms with Crippen molar-refractivity contribution in [2.45, 2.75) is 49.8 Å². The molecule has 7 heteroatoms. The largest absolute Gasteiger partial charge is 0.473 e. The maximum absolute atomic E-state index is 12.6. The standard InChI is InChI=1S/C21H26N2O3S.ClH/c1-21(13-12-17-8-2-4-10-19(17)26-21)22-14-6-7-15-23-16-18-9-3-5-11-20(18)27(23,24)25;/h2-5,8-11,22H,6-7,12-16H2,1H3;1H. The second-order valence-corrected chi connectivity index (χ2v) is 9.43. The normalized spacial score (nSPS) is 22.6. The summed E-state index contributed by atoms with van der Waals surface area (Å²) >= 11 is 0. The van der Waals surface area contributed by atoms with E-state index in [4.69, 9.17) is 4.74 Å². The monoisotopic (exact) mass is 422 g/mol. The minimum atomic E-state index is -3.31. The Morgan fingerprint density at radius 3 is 2.57 bits per heavy atom. The fraction of sp³-hybridized carbons (Fsp3) is 0.429. The van der Waals surface area contributed by atoms with E-state index in [1.165, 1.54) is 5.56 Å². The van der Waals surface area contributed by atoms with Crippen molar-refractivity contribution in [3.63, 3.8) is 0 Å². The van der Waals surface area contributed by atoms with Crippen LogP contribution in [0.2, 0.25) is 0 Å². The lowest BCUT2D eigenvalue weighted by atomic mass is 9.99. The highest BCUT2D eigenvalue weighted by molar-refractivity contribution is 7.89. The van der Waals surface area contributed by atoms with E-state index in [0.29, 0.717) is 18.0 Å². The highest BCUT2D eigenvalue weighted by Crippen LogP contribution is 2.32. The van der Waals surface area contributed by atoms with Crippen LogP contribution in [-0.2, 0) is 23.0 Å². The van der Waals surface area contributed by atoms with Gasteiger partial charge in [-0.25, -0.2) is 8.42 Å².